The largest absolute Gasteiger partial charge is 0.374 e. The van der Waals surface area contributed by atoms with E-state index < -0.39 is 10.0 Å². The molecule has 0 saturated carbocycles. The van der Waals surface area contributed by atoms with Crippen molar-refractivity contribution in [1.82, 2.24) is 4.31 Å². The molecule has 0 spiro atoms. The summed E-state index contributed by atoms with van der Waals surface area (Å²) in [7, 11) is 1.67. The van der Waals surface area contributed by atoms with E-state index in [1.165, 1.54) is 18.4 Å². The van der Waals surface area contributed by atoms with Crippen molar-refractivity contribution in [2.75, 3.05) is 39.1 Å². The molecule has 5 nitrogen and oxygen atoms in total. The molecule has 0 aromatic heterocycles. The highest BCUT2D eigenvalue weighted by Gasteiger charge is 2.20. The van der Waals surface area contributed by atoms with Crippen LogP contribution >= 0.6 is 0 Å². The normalized spacial score (nSPS) is 12.8. The molecule has 0 heterocycles. The maximum atomic E-state index is 12.0. The van der Waals surface area contributed by atoms with Crippen LogP contribution in [-0.2, 0) is 10.0 Å². The molecule has 0 amide bonds. The van der Waals surface area contributed by atoms with E-state index in [0.717, 1.165) is 12.2 Å². The Morgan fingerprint density at radius 1 is 1.10 bits per heavy atom. The predicted molar refractivity (Wildman–Crippen MR) is 83.4 cm³/mol. The van der Waals surface area contributed by atoms with E-state index in [9.17, 15) is 8.42 Å². The van der Waals surface area contributed by atoms with E-state index in [2.05, 4.69) is 18.7 Å². The molecule has 0 fully saturated rings. The average molecular weight is 299 g/mol. The Kier molecular flexibility index (Phi) is 5.18. The summed E-state index contributed by atoms with van der Waals surface area (Å²) < 4.78 is 25.2. The van der Waals surface area contributed by atoms with Crippen LogP contribution in [0.25, 0.3) is 0 Å². The van der Waals surface area contributed by atoms with Gasteiger partial charge in [0.05, 0.1) is 4.90 Å². The molecule has 2 N–H and O–H groups in total. The van der Waals surface area contributed by atoms with E-state index in [0.29, 0.717) is 11.4 Å². The molecule has 0 radical (unpaired) electrons. The second-order valence-corrected chi connectivity index (χ2v) is 8.16. The summed E-state index contributed by atoms with van der Waals surface area (Å²) in [6.45, 7) is 5.62. The number of rotatable bonds is 6. The van der Waals surface area contributed by atoms with Gasteiger partial charge in [-0.15, -0.1) is 0 Å². The summed E-state index contributed by atoms with van der Waals surface area (Å²) in [4.78, 5) is 2.39. The maximum Gasteiger partial charge on any atom is 0.242 e. The number of hydrogen-bond acceptors (Lipinski definition) is 4. The highest BCUT2D eigenvalue weighted by molar-refractivity contribution is 7.89. The average Bonchev–Trinajstić information content (AvgIpc) is 2.38. The smallest absolute Gasteiger partial charge is 0.242 e. The zero-order valence-electron chi connectivity index (χ0n) is 12.9. The number of nitrogens with zero attached hydrogens (tertiary/aromatic N) is 2. The lowest BCUT2D eigenvalue weighted by atomic mass is 9.93. The Morgan fingerprint density at radius 2 is 1.60 bits per heavy atom. The highest BCUT2D eigenvalue weighted by atomic mass is 32.2. The van der Waals surface area contributed by atoms with E-state index in [4.69, 9.17) is 5.73 Å². The minimum Gasteiger partial charge on any atom is -0.374 e. The predicted octanol–water partition coefficient (Wildman–Crippen LogP) is 1.36. The topological polar surface area (TPSA) is 66.6 Å². The van der Waals surface area contributed by atoms with Crippen LogP contribution in [0.15, 0.2) is 29.2 Å². The molecular weight excluding hydrogens is 274 g/mol. The minimum absolute atomic E-state index is 0.0170. The minimum atomic E-state index is -3.36. The first-order chi connectivity index (χ1) is 9.10. The van der Waals surface area contributed by atoms with Gasteiger partial charge in [-0.2, -0.15) is 0 Å². The number of anilines is 1. The summed E-state index contributed by atoms with van der Waals surface area (Å²) in [5.41, 5.74) is 6.73. The monoisotopic (exact) mass is 299 g/mol. The summed E-state index contributed by atoms with van der Waals surface area (Å²) in [5.74, 6) is 0. The van der Waals surface area contributed by atoms with E-state index in [1.54, 1.807) is 12.1 Å². The summed E-state index contributed by atoms with van der Waals surface area (Å²) in [6.07, 6.45) is 0. The number of benzene rings is 1. The van der Waals surface area contributed by atoms with Crippen molar-refractivity contribution in [2.45, 2.75) is 18.7 Å². The van der Waals surface area contributed by atoms with Crippen LogP contribution < -0.4 is 10.6 Å². The van der Waals surface area contributed by atoms with Crippen LogP contribution in [-0.4, -0.2) is 47.0 Å². The van der Waals surface area contributed by atoms with E-state index >= 15 is 0 Å². The van der Waals surface area contributed by atoms with Gasteiger partial charge >= 0.3 is 0 Å². The molecule has 1 rings (SSSR count). The molecule has 0 aliphatic carbocycles. The fraction of sp³-hybridized carbons (Fsp3) is 0.571. The van der Waals surface area contributed by atoms with Crippen LogP contribution in [0.4, 0.5) is 5.69 Å². The van der Waals surface area contributed by atoms with Gasteiger partial charge in [0.1, 0.15) is 0 Å². The molecule has 1 aromatic rings. The Bertz CT molecular complexity index is 536. The van der Waals surface area contributed by atoms with Gasteiger partial charge in [-0.3, -0.25) is 0 Å². The third kappa shape index (κ3) is 3.94. The molecule has 6 heteroatoms. The van der Waals surface area contributed by atoms with Crippen LogP contribution in [0.2, 0.25) is 0 Å². The molecule has 1 aromatic carbocycles. The van der Waals surface area contributed by atoms with Gasteiger partial charge in [-0.05, 0) is 36.2 Å². The fourth-order valence-electron chi connectivity index (χ4n) is 1.88. The number of nitrogens with two attached hydrogens (primary N) is 1. The molecular formula is C14H25N3O2S. The fourth-order valence-corrected chi connectivity index (χ4v) is 2.78. The molecule has 0 bridgehead atoms. The molecule has 0 unspecified atom stereocenters. The van der Waals surface area contributed by atoms with Crippen LogP contribution in [0.1, 0.15) is 13.8 Å². The van der Waals surface area contributed by atoms with Crippen molar-refractivity contribution in [3.8, 4) is 0 Å². The van der Waals surface area contributed by atoms with Gasteiger partial charge in [0, 0.05) is 33.4 Å². The third-order valence-corrected chi connectivity index (χ3v) is 5.10. The summed E-state index contributed by atoms with van der Waals surface area (Å²) in [5, 5.41) is 0. The first kappa shape index (κ1) is 16.9. The molecule has 0 atom stereocenters. The second-order valence-electron chi connectivity index (χ2n) is 6.01. The van der Waals surface area contributed by atoms with E-state index in [-0.39, 0.29) is 5.41 Å². The third-order valence-electron chi connectivity index (χ3n) is 3.27. The first-order valence-electron chi connectivity index (χ1n) is 6.54. The maximum absolute atomic E-state index is 12.0. The molecule has 20 heavy (non-hydrogen) atoms. The van der Waals surface area contributed by atoms with Crippen molar-refractivity contribution in [1.29, 1.82) is 0 Å². The second kappa shape index (κ2) is 6.11. The zero-order chi connectivity index (χ0) is 15.6. The van der Waals surface area contributed by atoms with Gasteiger partial charge < -0.3 is 10.6 Å². The Balaban J connectivity index is 2.92. The lowest BCUT2D eigenvalue weighted by Gasteiger charge is -2.30. The molecule has 0 aliphatic rings. The summed E-state index contributed by atoms with van der Waals surface area (Å²) >= 11 is 0. The van der Waals surface area contributed by atoms with Crippen LogP contribution in [0.5, 0.6) is 0 Å². The van der Waals surface area contributed by atoms with Crippen LogP contribution in [0.3, 0.4) is 0 Å². The Hall–Kier alpha value is -1.11. The Morgan fingerprint density at radius 3 is 2.00 bits per heavy atom. The lowest BCUT2D eigenvalue weighted by molar-refractivity contribution is 0.385. The summed E-state index contributed by atoms with van der Waals surface area (Å²) in [6, 6.07) is 6.92. The zero-order valence-corrected chi connectivity index (χ0v) is 13.7. The first-order valence-corrected chi connectivity index (χ1v) is 7.98. The van der Waals surface area contributed by atoms with Crippen molar-refractivity contribution in [2.24, 2.45) is 11.1 Å². The van der Waals surface area contributed by atoms with Gasteiger partial charge in [0.15, 0.2) is 0 Å². The van der Waals surface area contributed by atoms with Crippen LogP contribution in [0, 0.1) is 5.41 Å². The molecule has 0 saturated heterocycles. The van der Waals surface area contributed by atoms with Gasteiger partial charge in [0.2, 0.25) is 10.0 Å². The number of sulfonamides is 1. The SMILES string of the molecule is CN(CC(C)(C)CN)c1ccc(S(=O)(=O)N(C)C)cc1. The highest BCUT2D eigenvalue weighted by Crippen LogP contribution is 2.22. The Labute approximate surface area is 122 Å². The standard InChI is InChI=1S/C14H25N3O2S/c1-14(2,10-15)11-17(5)12-6-8-13(9-7-12)20(18,19)16(3)4/h6-9H,10-11,15H2,1-5H3. The van der Waals surface area contributed by atoms with Gasteiger partial charge in [0.25, 0.3) is 0 Å². The van der Waals surface area contributed by atoms with Crippen molar-refractivity contribution in [3.63, 3.8) is 0 Å². The van der Waals surface area contributed by atoms with Gasteiger partial charge in [-0.25, -0.2) is 12.7 Å². The molecule has 0 aliphatic heterocycles. The van der Waals surface area contributed by atoms with Crippen molar-refractivity contribution in [3.05, 3.63) is 24.3 Å². The van der Waals surface area contributed by atoms with Crippen molar-refractivity contribution >= 4 is 15.7 Å². The lowest BCUT2D eigenvalue weighted by Crippen LogP contribution is -2.36. The number of hydrogen-bond donors (Lipinski definition) is 1. The van der Waals surface area contributed by atoms with E-state index in [1.807, 2.05) is 19.2 Å². The van der Waals surface area contributed by atoms with Crippen molar-refractivity contribution < 1.29 is 8.42 Å². The van der Waals surface area contributed by atoms with Gasteiger partial charge in [-0.1, -0.05) is 13.8 Å². The quantitative estimate of drug-likeness (QED) is 0.861. The molecule has 114 valence electrons.